The normalized spacial score (nSPS) is 26.6. The number of aliphatic hydroxyl groups is 1. The van der Waals surface area contributed by atoms with Crippen LogP contribution in [0.3, 0.4) is 0 Å². The molecular formula is C5H7NO2. The molecule has 0 fully saturated rings. The summed E-state index contributed by atoms with van der Waals surface area (Å²) in [6.45, 7) is 0. The summed E-state index contributed by atoms with van der Waals surface area (Å²) in [6, 6.07) is 0. The van der Waals surface area contributed by atoms with Crippen molar-refractivity contribution in [2.75, 3.05) is 0 Å². The molecular weight excluding hydrogens is 106 g/mol. The molecule has 1 atom stereocenters. The third kappa shape index (κ3) is 1.01. The van der Waals surface area contributed by atoms with E-state index in [9.17, 15) is 0 Å². The molecule has 3 N–H and O–H groups in total. The third-order valence-electron chi connectivity index (χ3n) is 0.814. The fourth-order valence-corrected chi connectivity index (χ4v) is 0.458. The van der Waals surface area contributed by atoms with Crippen molar-refractivity contribution in [3.63, 3.8) is 0 Å². The van der Waals surface area contributed by atoms with Crippen molar-refractivity contribution in [2.45, 2.75) is 6.29 Å². The van der Waals surface area contributed by atoms with Crippen LogP contribution < -0.4 is 5.73 Å². The van der Waals surface area contributed by atoms with Gasteiger partial charge in [-0.05, 0) is 6.08 Å². The highest BCUT2D eigenvalue weighted by molar-refractivity contribution is 5.16. The fraction of sp³-hybridized carbons (Fsp3) is 0.200. The van der Waals surface area contributed by atoms with Gasteiger partial charge < -0.3 is 15.6 Å². The van der Waals surface area contributed by atoms with Crippen molar-refractivity contribution in [1.82, 2.24) is 0 Å². The number of hydrogen-bond acceptors (Lipinski definition) is 3. The van der Waals surface area contributed by atoms with E-state index in [1.807, 2.05) is 0 Å². The summed E-state index contributed by atoms with van der Waals surface area (Å²) in [7, 11) is 0. The lowest BCUT2D eigenvalue weighted by atomic mass is 10.3. The molecule has 0 saturated heterocycles. The third-order valence-corrected chi connectivity index (χ3v) is 0.814. The molecule has 1 unspecified atom stereocenters. The number of allylic oxidation sites excluding steroid dienone is 1. The molecule has 8 heavy (non-hydrogen) atoms. The van der Waals surface area contributed by atoms with Crippen LogP contribution in [0.1, 0.15) is 0 Å². The number of hydrogen-bond donors (Lipinski definition) is 2. The summed E-state index contributed by atoms with van der Waals surface area (Å²) in [4.78, 5) is 0. The van der Waals surface area contributed by atoms with Crippen molar-refractivity contribution >= 4 is 0 Å². The Morgan fingerprint density at radius 1 is 1.75 bits per heavy atom. The predicted octanol–water partition coefficient (Wildman–Crippen LogP) is -0.309. The van der Waals surface area contributed by atoms with Gasteiger partial charge in [-0.15, -0.1) is 0 Å². The highest BCUT2D eigenvalue weighted by Gasteiger charge is 2.00. The molecule has 3 heteroatoms. The van der Waals surface area contributed by atoms with Gasteiger partial charge in [-0.3, -0.25) is 0 Å². The smallest absolute Gasteiger partial charge is 0.218 e. The lowest BCUT2D eigenvalue weighted by molar-refractivity contribution is -0.0141. The second-order valence-corrected chi connectivity index (χ2v) is 1.50. The Morgan fingerprint density at radius 2 is 2.50 bits per heavy atom. The van der Waals surface area contributed by atoms with Gasteiger partial charge in [0.2, 0.25) is 6.29 Å². The molecule has 0 radical (unpaired) electrons. The van der Waals surface area contributed by atoms with Gasteiger partial charge in [0, 0.05) is 11.8 Å². The van der Waals surface area contributed by atoms with E-state index in [0.29, 0.717) is 5.70 Å². The van der Waals surface area contributed by atoms with Crippen LogP contribution in [0.2, 0.25) is 0 Å². The average molecular weight is 113 g/mol. The van der Waals surface area contributed by atoms with E-state index < -0.39 is 6.29 Å². The molecule has 1 heterocycles. The topological polar surface area (TPSA) is 55.5 Å². The molecule has 0 aromatic heterocycles. The summed E-state index contributed by atoms with van der Waals surface area (Å²) in [5.74, 6) is 0. The zero-order valence-electron chi connectivity index (χ0n) is 4.24. The Kier molecular flexibility index (Phi) is 1.22. The van der Waals surface area contributed by atoms with Gasteiger partial charge in [-0.25, -0.2) is 0 Å². The van der Waals surface area contributed by atoms with Crippen molar-refractivity contribution < 1.29 is 9.84 Å². The minimum Gasteiger partial charge on any atom is -0.469 e. The van der Waals surface area contributed by atoms with Gasteiger partial charge >= 0.3 is 0 Å². The first-order valence-electron chi connectivity index (χ1n) is 2.26. The minimum absolute atomic E-state index is 0.531. The molecule has 0 aliphatic carbocycles. The first kappa shape index (κ1) is 5.18. The highest BCUT2D eigenvalue weighted by atomic mass is 16.6. The first-order chi connectivity index (χ1) is 3.79. The van der Waals surface area contributed by atoms with Crippen LogP contribution in [0.4, 0.5) is 0 Å². The lowest BCUT2D eigenvalue weighted by Crippen LogP contribution is -2.11. The highest BCUT2D eigenvalue weighted by Crippen LogP contribution is 2.01. The van der Waals surface area contributed by atoms with Crippen LogP contribution in [0.15, 0.2) is 24.1 Å². The Labute approximate surface area is 47.1 Å². The van der Waals surface area contributed by atoms with E-state index in [2.05, 4.69) is 4.74 Å². The van der Waals surface area contributed by atoms with Crippen LogP contribution in [0.25, 0.3) is 0 Å². The summed E-state index contributed by atoms with van der Waals surface area (Å²) in [5, 5.41) is 8.65. The molecule has 0 aromatic carbocycles. The van der Waals surface area contributed by atoms with Crippen LogP contribution in [-0.2, 0) is 4.74 Å². The molecule has 0 bridgehead atoms. The van der Waals surface area contributed by atoms with Gasteiger partial charge in [0.25, 0.3) is 0 Å². The quantitative estimate of drug-likeness (QED) is 0.453. The lowest BCUT2D eigenvalue weighted by Gasteiger charge is -2.09. The molecule has 1 rings (SSSR count). The van der Waals surface area contributed by atoms with Gasteiger partial charge in [-0.2, -0.15) is 0 Å². The van der Waals surface area contributed by atoms with Gasteiger partial charge in [0.1, 0.15) is 0 Å². The number of rotatable bonds is 0. The van der Waals surface area contributed by atoms with Crippen LogP contribution in [0, 0.1) is 0 Å². The second-order valence-electron chi connectivity index (χ2n) is 1.50. The van der Waals surface area contributed by atoms with Crippen LogP contribution in [0.5, 0.6) is 0 Å². The van der Waals surface area contributed by atoms with E-state index in [0.717, 1.165) is 0 Å². The van der Waals surface area contributed by atoms with E-state index in [1.165, 1.54) is 12.3 Å². The van der Waals surface area contributed by atoms with Crippen molar-refractivity contribution in [3.05, 3.63) is 24.1 Å². The maximum absolute atomic E-state index is 8.65. The summed E-state index contributed by atoms with van der Waals surface area (Å²) in [6.07, 6.45) is 3.49. The zero-order chi connectivity index (χ0) is 5.98. The first-order valence-corrected chi connectivity index (χ1v) is 2.26. The zero-order valence-corrected chi connectivity index (χ0v) is 4.24. The Balaban J connectivity index is 2.63. The fourth-order valence-electron chi connectivity index (χ4n) is 0.458. The molecule has 0 saturated carbocycles. The van der Waals surface area contributed by atoms with Crippen LogP contribution in [-0.4, -0.2) is 11.4 Å². The van der Waals surface area contributed by atoms with Crippen LogP contribution >= 0.6 is 0 Å². The summed E-state index contributed by atoms with van der Waals surface area (Å²) in [5.41, 5.74) is 5.79. The van der Waals surface area contributed by atoms with E-state index in [-0.39, 0.29) is 0 Å². The molecule has 3 nitrogen and oxygen atoms in total. The van der Waals surface area contributed by atoms with Gasteiger partial charge in [0.05, 0.1) is 6.26 Å². The molecule has 44 valence electrons. The van der Waals surface area contributed by atoms with E-state index >= 15 is 0 Å². The van der Waals surface area contributed by atoms with Crippen molar-refractivity contribution in [2.24, 2.45) is 5.73 Å². The van der Waals surface area contributed by atoms with Gasteiger partial charge in [0.15, 0.2) is 0 Å². The SMILES string of the molecule is NC1=CC(O)OC=C1. The number of ether oxygens (including phenoxy) is 1. The molecule has 0 spiro atoms. The standard InChI is InChI=1S/C5H7NO2/c6-4-1-2-8-5(7)3-4/h1-3,5,7H,6H2. The van der Waals surface area contributed by atoms with Crippen molar-refractivity contribution in [1.29, 1.82) is 0 Å². The second kappa shape index (κ2) is 1.88. The largest absolute Gasteiger partial charge is 0.469 e. The molecule has 1 aliphatic rings. The number of nitrogens with two attached hydrogens (primary N) is 1. The monoisotopic (exact) mass is 113 g/mol. The molecule has 0 amide bonds. The summed E-state index contributed by atoms with van der Waals surface area (Å²) >= 11 is 0. The van der Waals surface area contributed by atoms with Crippen molar-refractivity contribution in [3.8, 4) is 0 Å². The Hall–Kier alpha value is -0.960. The number of aliphatic hydroxyl groups excluding tert-OH is 1. The summed E-state index contributed by atoms with van der Waals surface area (Å²) < 4.78 is 4.57. The van der Waals surface area contributed by atoms with E-state index in [4.69, 9.17) is 10.8 Å². The minimum atomic E-state index is -0.861. The Bertz CT molecular complexity index is 139. The molecule has 0 aromatic rings. The molecule has 1 aliphatic heterocycles. The Morgan fingerprint density at radius 3 is 2.88 bits per heavy atom. The maximum Gasteiger partial charge on any atom is 0.218 e. The van der Waals surface area contributed by atoms with E-state index in [1.54, 1.807) is 6.08 Å². The average Bonchev–Trinajstić information content (AvgIpc) is 1.64. The predicted molar refractivity (Wildman–Crippen MR) is 28.5 cm³/mol. The maximum atomic E-state index is 8.65. The van der Waals surface area contributed by atoms with Gasteiger partial charge in [-0.1, -0.05) is 0 Å².